The highest BCUT2D eigenvalue weighted by Gasteiger charge is 2.24. The van der Waals surface area contributed by atoms with Gasteiger partial charge in [-0.2, -0.15) is 0 Å². The van der Waals surface area contributed by atoms with E-state index in [2.05, 4.69) is 26.2 Å². The van der Waals surface area contributed by atoms with E-state index in [0.717, 1.165) is 11.3 Å². The summed E-state index contributed by atoms with van der Waals surface area (Å²) in [6, 6.07) is 10.1. The van der Waals surface area contributed by atoms with Crippen LogP contribution in [0.4, 0.5) is 5.69 Å². The third kappa shape index (κ3) is 4.79. The quantitative estimate of drug-likeness (QED) is 0.470. The van der Waals surface area contributed by atoms with Crippen molar-refractivity contribution < 1.29 is 29.3 Å². The van der Waals surface area contributed by atoms with Crippen LogP contribution in [0.1, 0.15) is 20.0 Å². The molecule has 148 valence electrons. The van der Waals surface area contributed by atoms with Crippen LogP contribution in [0, 0.1) is 0 Å². The highest BCUT2D eigenvalue weighted by atomic mass is 79.9. The number of halogens is 1. The van der Waals surface area contributed by atoms with Crippen molar-refractivity contribution in [2.45, 2.75) is 0 Å². The van der Waals surface area contributed by atoms with Crippen LogP contribution in [-0.4, -0.2) is 39.6 Å². The van der Waals surface area contributed by atoms with Gasteiger partial charge >= 0.3 is 11.9 Å². The lowest BCUT2D eigenvalue weighted by molar-refractivity contribution is -0.139. The largest absolute Gasteiger partial charge is 0.479 e. The van der Waals surface area contributed by atoms with Crippen molar-refractivity contribution in [3.63, 3.8) is 0 Å². The molecular weight excluding hydrogens is 464 g/mol. The van der Waals surface area contributed by atoms with Crippen LogP contribution in [0.3, 0.4) is 0 Å². The number of amides is 1. The molecular formula is C19H13BrN2O6S. The summed E-state index contributed by atoms with van der Waals surface area (Å²) in [6.07, 6.45) is 3.01. The lowest BCUT2D eigenvalue weighted by Gasteiger charge is -2.07. The highest BCUT2D eigenvalue weighted by molar-refractivity contribution is 9.10. The van der Waals surface area contributed by atoms with Gasteiger partial charge in [0.15, 0.2) is 17.2 Å². The number of benzene rings is 1. The molecule has 0 atom stereocenters. The molecule has 3 aromatic rings. The third-order valence-corrected chi connectivity index (χ3v) is 5.88. The number of carboxylic acids is 2. The van der Waals surface area contributed by atoms with E-state index in [-0.39, 0.29) is 16.5 Å². The Morgan fingerprint density at radius 2 is 1.97 bits per heavy atom. The molecule has 0 bridgehead atoms. The standard InChI is InChI=1S/C19H13BrN2O6S/c20-14-15(28-9-13(23)24)17(19(26)27)29-16(14)10-3-1-5-12(7-10)22-18(25)11-4-2-6-21-8-11/h1-8H,9H2,(H,22,25)(H,23,24)(H,26,27). The van der Waals surface area contributed by atoms with Gasteiger partial charge in [-0.15, -0.1) is 11.3 Å². The smallest absolute Gasteiger partial charge is 0.349 e. The number of thiophene rings is 1. The normalized spacial score (nSPS) is 10.4. The van der Waals surface area contributed by atoms with Gasteiger partial charge < -0.3 is 20.3 Å². The van der Waals surface area contributed by atoms with E-state index in [9.17, 15) is 19.5 Å². The number of hydrogen-bond acceptors (Lipinski definition) is 6. The predicted molar refractivity (Wildman–Crippen MR) is 110 cm³/mol. The molecule has 0 unspecified atom stereocenters. The average molecular weight is 477 g/mol. The average Bonchev–Trinajstić information content (AvgIpc) is 3.04. The molecule has 1 amide bonds. The number of anilines is 1. The molecule has 0 saturated heterocycles. The number of nitrogens with one attached hydrogen (secondary N) is 1. The minimum absolute atomic E-state index is 0.0512. The zero-order chi connectivity index (χ0) is 21.0. The van der Waals surface area contributed by atoms with Gasteiger partial charge in [-0.05, 0) is 45.8 Å². The molecule has 3 rings (SSSR count). The predicted octanol–water partition coefficient (Wildman–Crippen LogP) is 3.99. The summed E-state index contributed by atoms with van der Waals surface area (Å²) >= 11 is 4.24. The van der Waals surface area contributed by atoms with Gasteiger partial charge in [0.05, 0.1) is 14.9 Å². The summed E-state index contributed by atoms with van der Waals surface area (Å²) in [5.41, 5.74) is 1.52. The van der Waals surface area contributed by atoms with Gasteiger partial charge in [0.25, 0.3) is 5.91 Å². The number of aliphatic carboxylic acids is 1. The van der Waals surface area contributed by atoms with E-state index in [0.29, 0.717) is 26.2 Å². The Morgan fingerprint density at radius 1 is 1.17 bits per heavy atom. The molecule has 10 heteroatoms. The number of ether oxygens (including phenoxy) is 1. The molecule has 3 N–H and O–H groups in total. The molecule has 0 aliphatic rings. The molecule has 1 aromatic carbocycles. The van der Waals surface area contributed by atoms with E-state index in [1.807, 2.05) is 0 Å². The first-order chi connectivity index (χ1) is 13.9. The van der Waals surface area contributed by atoms with E-state index < -0.39 is 18.5 Å². The fraction of sp³-hybridized carbons (Fsp3) is 0.0526. The summed E-state index contributed by atoms with van der Waals surface area (Å²) < 4.78 is 5.48. The maximum absolute atomic E-state index is 12.3. The van der Waals surface area contributed by atoms with Crippen LogP contribution < -0.4 is 10.1 Å². The van der Waals surface area contributed by atoms with Gasteiger partial charge in [0.2, 0.25) is 0 Å². The van der Waals surface area contributed by atoms with E-state index in [1.54, 1.807) is 42.6 Å². The first-order valence-electron chi connectivity index (χ1n) is 8.08. The second kappa shape index (κ2) is 8.84. The summed E-state index contributed by atoms with van der Waals surface area (Å²) in [7, 11) is 0. The SMILES string of the molecule is O=C(O)COc1c(C(=O)O)sc(-c2cccc(NC(=O)c3cccnc3)c2)c1Br. The molecule has 0 saturated carbocycles. The number of aromatic nitrogens is 1. The van der Waals surface area contributed by atoms with Crippen molar-refractivity contribution in [1.29, 1.82) is 0 Å². The van der Waals surface area contributed by atoms with Crippen LogP contribution in [0.15, 0.2) is 53.3 Å². The molecule has 0 aliphatic carbocycles. The number of aromatic carboxylic acids is 1. The monoisotopic (exact) mass is 476 g/mol. The Morgan fingerprint density at radius 3 is 2.62 bits per heavy atom. The molecule has 2 aromatic heterocycles. The number of pyridine rings is 1. The lowest BCUT2D eigenvalue weighted by Crippen LogP contribution is -2.11. The Hall–Kier alpha value is -3.24. The highest BCUT2D eigenvalue weighted by Crippen LogP contribution is 2.46. The Bertz CT molecular complexity index is 1080. The van der Waals surface area contributed by atoms with Crippen LogP contribution in [0.2, 0.25) is 0 Å². The molecule has 0 spiro atoms. The number of carbonyl (C=O) groups is 3. The van der Waals surface area contributed by atoms with Gasteiger partial charge in [0, 0.05) is 18.1 Å². The second-order valence-corrected chi connectivity index (χ2v) is 7.48. The fourth-order valence-electron chi connectivity index (χ4n) is 2.42. The van der Waals surface area contributed by atoms with Crippen LogP contribution in [-0.2, 0) is 4.79 Å². The minimum atomic E-state index is -1.23. The number of rotatable bonds is 7. The summed E-state index contributed by atoms with van der Waals surface area (Å²) in [5, 5.41) is 21.0. The van der Waals surface area contributed by atoms with Crippen LogP contribution >= 0.6 is 27.3 Å². The summed E-state index contributed by atoms with van der Waals surface area (Å²) in [6.45, 7) is -0.670. The van der Waals surface area contributed by atoms with Crippen molar-refractivity contribution in [1.82, 2.24) is 4.98 Å². The van der Waals surface area contributed by atoms with Gasteiger partial charge in [-0.3, -0.25) is 9.78 Å². The van der Waals surface area contributed by atoms with Crippen molar-refractivity contribution in [3.8, 4) is 16.2 Å². The fourth-order valence-corrected chi connectivity index (χ4v) is 4.31. The van der Waals surface area contributed by atoms with Crippen molar-refractivity contribution in [3.05, 3.63) is 63.7 Å². The van der Waals surface area contributed by atoms with E-state index >= 15 is 0 Å². The molecule has 0 aliphatic heterocycles. The van der Waals surface area contributed by atoms with Crippen molar-refractivity contribution >= 4 is 50.8 Å². The molecule has 29 heavy (non-hydrogen) atoms. The van der Waals surface area contributed by atoms with Gasteiger partial charge in [-0.25, -0.2) is 9.59 Å². The topological polar surface area (TPSA) is 126 Å². The zero-order valence-electron chi connectivity index (χ0n) is 14.6. The lowest BCUT2D eigenvalue weighted by atomic mass is 10.1. The van der Waals surface area contributed by atoms with E-state index in [4.69, 9.17) is 9.84 Å². The molecule has 0 radical (unpaired) electrons. The van der Waals surface area contributed by atoms with Crippen LogP contribution in [0.25, 0.3) is 10.4 Å². The Balaban J connectivity index is 1.92. The Kier molecular flexibility index (Phi) is 6.25. The molecule has 2 heterocycles. The van der Waals surface area contributed by atoms with Crippen LogP contribution in [0.5, 0.6) is 5.75 Å². The first kappa shape index (κ1) is 20.5. The second-order valence-electron chi connectivity index (χ2n) is 5.67. The minimum Gasteiger partial charge on any atom is -0.479 e. The summed E-state index contributed by atoms with van der Waals surface area (Å²) in [5.74, 6) is -2.84. The van der Waals surface area contributed by atoms with Gasteiger partial charge in [0.1, 0.15) is 0 Å². The molecule has 0 fully saturated rings. The van der Waals surface area contributed by atoms with Crippen molar-refractivity contribution in [2.24, 2.45) is 0 Å². The van der Waals surface area contributed by atoms with E-state index in [1.165, 1.54) is 6.20 Å². The first-order valence-corrected chi connectivity index (χ1v) is 9.69. The third-order valence-electron chi connectivity index (χ3n) is 3.65. The van der Waals surface area contributed by atoms with Crippen molar-refractivity contribution in [2.75, 3.05) is 11.9 Å². The number of hydrogen-bond donors (Lipinski definition) is 3. The zero-order valence-corrected chi connectivity index (χ0v) is 17.0. The number of carboxylic acid groups (broad SMARTS) is 2. The van der Waals surface area contributed by atoms with Gasteiger partial charge in [-0.1, -0.05) is 12.1 Å². The Labute approximate surface area is 176 Å². The maximum atomic E-state index is 12.3. The molecule has 8 nitrogen and oxygen atoms in total. The number of nitrogens with zero attached hydrogens (tertiary/aromatic N) is 1. The number of carbonyl (C=O) groups excluding carboxylic acids is 1. The summed E-state index contributed by atoms with van der Waals surface area (Å²) in [4.78, 5) is 38.9. The maximum Gasteiger partial charge on any atom is 0.349 e.